The number of hydrogen-bond donors (Lipinski definition) is 0. The Bertz CT molecular complexity index is 381. The molecule has 0 bridgehead atoms. The van der Waals surface area contributed by atoms with Crippen LogP contribution in [0.25, 0.3) is 0 Å². The summed E-state index contributed by atoms with van der Waals surface area (Å²) in [5, 5.41) is 0. The van der Waals surface area contributed by atoms with Crippen molar-refractivity contribution in [2.75, 3.05) is 0 Å². The first-order valence-electron chi connectivity index (χ1n) is 6.84. The Labute approximate surface area is 115 Å². The third kappa shape index (κ3) is 4.08. The fourth-order valence-corrected chi connectivity index (χ4v) is 2.36. The standard InChI is InChI=1S/C15H25NO3/c1-7-11-8-12(17)9-13(10(2)3)16(11)14(18)19-15(4,5)6/h11,13H,2,7-9H2,1,3-6H3. The minimum absolute atomic E-state index is 0.0854. The molecule has 0 spiro atoms. The maximum Gasteiger partial charge on any atom is 0.411 e. The van der Waals surface area contributed by atoms with Crippen molar-refractivity contribution in [1.82, 2.24) is 4.90 Å². The number of ether oxygens (including phenoxy) is 1. The topological polar surface area (TPSA) is 46.6 Å². The van der Waals surface area contributed by atoms with Crippen LogP contribution in [0, 0.1) is 0 Å². The number of nitrogens with zero attached hydrogens (tertiary/aromatic N) is 1. The lowest BCUT2D eigenvalue weighted by atomic mass is 9.90. The zero-order chi connectivity index (χ0) is 14.8. The number of piperidine rings is 1. The van der Waals surface area contributed by atoms with Crippen molar-refractivity contribution in [3.8, 4) is 0 Å². The zero-order valence-corrected chi connectivity index (χ0v) is 12.7. The lowest BCUT2D eigenvalue weighted by molar-refractivity contribution is -0.124. The molecule has 0 saturated carbocycles. The van der Waals surface area contributed by atoms with Crippen molar-refractivity contribution in [2.45, 2.75) is 71.6 Å². The molecule has 0 aliphatic carbocycles. The zero-order valence-electron chi connectivity index (χ0n) is 12.7. The van der Waals surface area contributed by atoms with E-state index >= 15 is 0 Å². The summed E-state index contributed by atoms with van der Waals surface area (Å²) in [5.74, 6) is 0.194. The molecule has 0 aromatic heterocycles. The van der Waals surface area contributed by atoms with Gasteiger partial charge >= 0.3 is 6.09 Å². The number of Topliss-reactive ketones (excluding diaryl/α,β-unsaturated/α-hetero) is 1. The van der Waals surface area contributed by atoms with E-state index in [2.05, 4.69) is 6.58 Å². The van der Waals surface area contributed by atoms with Crippen molar-refractivity contribution < 1.29 is 14.3 Å². The van der Waals surface area contributed by atoms with Gasteiger partial charge in [0.05, 0.1) is 6.04 Å². The van der Waals surface area contributed by atoms with E-state index in [1.807, 2.05) is 34.6 Å². The van der Waals surface area contributed by atoms with E-state index < -0.39 is 5.60 Å². The van der Waals surface area contributed by atoms with E-state index in [1.165, 1.54) is 0 Å². The summed E-state index contributed by atoms with van der Waals surface area (Å²) in [6.45, 7) is 13.3. The lowest BCUT2D eigenvalue weighted by Gasteiger charge is -2.42. The van der Waals surface area contributed by atoms with E-state index in [4.69, 9.17) is 4.74 Å². The molecule has 1 heterocycles. The van der Waals surface area contributed by atoms with Crippen molar-refractivity contribution in [3.05, 3.63) is 12.2 Å². The maximum absolute atomic E-state index is 12.4. The van der Waals surface area contributed by atoms with Crippen LogP contribution in [0.2, 0.25) is 0 Å². The normalized spacial score (nSPS) is 24.3. The molecule has 19 heavy (non-hydrogen) atoms. The first kappa shape index (κ1) is 15.7. The predicted molar refractivity (Wildman–Crippen MR) is 75.0 cm³/mol. The number of carbonyl (C=O) groups is 2. The molecule has 0 aromatic rings. The fraction of sp³-hybridized carbons (Fsp3) is 0.733. The highest BCUT2D eigenvalue weighted by atomic mass is 16.6. The second kappa shape index (κ2) is 5.76. The van der Waals surface area contributed by atoms with Gasteiger partial charge in [0.25, 0.3) is 0 Å². The highest BCUT2D eigenvalue weighted by Crippen LogP contribution is 2.28. The van der Waals surface area contributed by atoms with Crippen LogP contribution in [0.4, 0.5) is 4.79 Å². The Hall–Kier alpha value is -1.32. The SMILES string of the molecule is C=C(C)C1CC(=O)CC(CC)N1C(=O)OC(C)(C)C. The van der Waals surface area contributed by atoms with Gasteiger partial charge in [-0.3, -0.25) is 9.69 Å². The van der Waals surface area contributed by atoms with E-state index in [0.29, 0.717) is 12.8 Å². The van der Waals surface area contributed by atoms with E-state index in [0.717, 1.165) is 12.0 Å². The molecule has 1 rings (SSSR count). The number of hydrogen-bond acceptors (Lipinski definition) is 3. The third-order valence-corrected chi connectivity index (χ3v) is 3.26. The van der Waals surface area contributed by atoms with Crippen LogP contribution in [0.5, 0.6) is 0 Å². The van der Waals surface area contributed by atoms with E-state index in [1.54, 1.807) is 4.90 Å². The van der Waals surface area contributed by atoms with Gasteiger partial charge in [0.2, 0.25) is 0 Å². The molecule has 1 amide bonds. The molecule has 0 radical (unpaired) electrons. The van der Waals surface area contributed by atoms with Crippen LogP contribution in [0.3, 0.4) is 0 Å². The Morgan fingerprint density at radius 3 is 2.42 bits per heavy atom. The number of carbonyl (C=O) groups excluding carboxylic acids is 2. The molecular weight excluding hydrogens is 242 g/mol. The Balaban J connectivity index is 2.98. The van der Waals surface area contributed by atoms with Gasteiger partial charge in [0.15, 0.2) is 0 Å². The molecule has 1 fully saturated rings. The smallest absolute Gasteiger partial charge is 0.411 e. The molecule has 4 heteroatoms. The second-order valence-electron chi connectivity index (χ2n) is 6.26. The average Bonchev–Trinajstić information content (AvgIpc) is 2.24. The van der Waals surface area contributed by atoms with Gasteiger partial charge in [-0.25, -0.2) is 4.79 Å². The van der Waals surface area contributed by atoms with Crippen LogP contribution in [0.15, 0.2) is 12.2 Å². The van der Waals surface area contributed by atoms with Crippen molar-refractivity contribution >= 4 is 11.9 Å². The van der Waals surface area contributed by atoms with Crippen LogP contribution < -0.4 is 0 Å². The van der Waals surface area contributed by atoms with Gasteiger partial charge in [-0.1, -0.05) is 19.1 Å². The molecule has 2 atom stereocenters. The summed E-state index contributed by atoms with van der Waals surface area (Å²) >= 11 is 0. The quantitative estimate of drug-likeness (QED) is 0.721. The molecule has 4 nitrogen and oxygen atoms in total. The van der Waals surface area contributed by atoms with E-state index in [-0.39, 0.29) is 24.0 Å². The molecular formula is C15H25NO3. The van der Waals surface area contributed by atoms with Crippen LogP contribution >= 0.6 is 0 Å². The molecule has 0 aromatic carbocycles. The molecule has 1 saturated heterocycles. The minimum Gasteiger partial charge on any atom is -0.444 e. The summed E-state index contributed by atoms with van der Waals surface area (Å²) < 4.78 is 5.46. The maximum atomic E-state index is 12.4. The number of amides is 1. The fourth-order valence-electron chi connectivity index (χ4n) is 2.36. The Morgan fingerprint density at radius 2 is 2.00 bits per heavy atom. The number of likely N-dealkylation sites (tertiary alicyclic amines) is 1. The van der Waals surface area contributed by atoms with Crippen molar-refractivity contribution in [1.29, 1.82) is 0 Å². The van der Waals surface area contributed by atoms with Crippen molar-refractivity contribution in [3.63, 3.8) is 0 Å². The summed E-state index contributed by atoms with van der Waals surface area (Å²) in [6.07, 6.45) is 1.17. The van der Waals surface area contributed by atoms with Gasteiger partial charge < -0.3 is 4.74 Å². The molecule has 2 unspecified atom stereocenters. The number of ketones is 1. The molecule has 0 N–H and O–H groups in total. The van der Waals surface area contributed by atoms with Gasteiger partial charge in [-0.15, -0.1) is 0 Å². The first-order valence-corrected chi connectivity index (χ1v) is 6.84. The predicted octanol–water partition coefficient (Wildman–Crippen LogP) is 3.31. The lowest BCUT2D eigenvalue weighted by Crippen LogP contribution is -2.54. The van der Waals surface area contributed by atoms with Gasteiger partial charge in [-0.2, -0.15) is 0 Å². The number of rotatable bonds is 2. The summed E-state index contributed by atoms with van der Waals surface area (Å²) in [6, 6.07) is -0.321. The monoisotopic (exact) mass is 267 g/mol. The van der Waals surface area contributed by atoms with Crippen molar-refractivity contribution in [2.24, 2.45) is 0 Å². The summed E-state index contributed by atoms with van der Waals surface area (Å²) in [4.78, 5) is 25.8. The minimum atomic E-state index is -0.531. The molecule has 108 valence electrons. The first-order chi connectivity index (χ1) is 8.65. The summed E-state index contributed by atoms with van der Waals surface area (Å²) in [5.41, 5.74) is 0.300. The Morgan fingerprint density at radius 1 is 1.42 bits per heavy atom. The second-order valence-corrected chi connectivity index (χ2v) is 6.26. The van der Waals surface area contributed by atoms with Crippen LogP contribution in [-0.2, 0) is 9.53 Å². The third-order valence-electron chi connectivity index (χ3n) is 3.26. The van der Waals surface area contributed by atoms with Gasteiger partial charge in [0.1, 0.15) is 11.4 Å². The van der Waals surface area contributed by atoms with Crippen LogP contribution in [0.1, 0.15) is 53.9 Å². The van der Waals surface area contributed by atoms with Gasteiger partial charge in [0, 0.05) is 18.9 Å². The largest absolute Gasteiger partial charge is 0.444 e. The van der Waals surface area contributed by atoms with Gasteiger partial charge in [-0.05, 0) is 34.1 Å². The van der Waals surface area contributed by atoms with Crippen LogP contribution in [-0.4, -0.2) is 34.5 Å². The average molecular weight is 267 g/mol. The Kier molecular flexibility index (Phi) is 4.77. The highest BCUT2D eigenvalue weighted by molar-refractivity contribution is 5.83. The summed E-state index contributed by atoms with van der Waals surface area (Å²) in [7, 11) is 0. The highest BCUT2D eigenvalue weighted by Gasteiger charge is 2.39. The molecule has 1 aliphatic rings. The van der Waals surface area contributed by atoms with E-state index in [9.17, 15) is 9.59 Å². The molecule has 1 aliphatic heterocycles.